The number of Topliss-reactive ketones (excluding diaryl/α,β-unsaturated/α-hetero) is 1. The van der Waals surface area contributed by atoms with Crippen molar-refractivity contribution >= 4 is 59.1 Å². The van der Waals surface area contributed by atoms with Crippen molar-refractivity contribution in [2.75, 3.05) is 23.8 Å². The highest BCUT2D eigenvalue weighted by atomic mass is 79.9. The van der Waals surface area contributed by atoms with E-state index >= 15 is 0 Å². The van der Waals surface area contributed by atoms with E-state index in [0.717, 1.165) is 48.5 Å². The number of sulfone groups is 1. The van der Waals surface area contributed by atoms with E-state index in [1.165, 1.54) is 30.3 Å². The van der Waals surface area contributed by atoms with Gasteiger partial charge in [0.15, 0.2) is 39.1 Å². The Balaban J connectivity index is 0.00000114. The topological polar surface area (TPSA) is 202 Å². The summed E-state index contributed by atoms with van der Waals surface area (Å²) in [4.78, 5) is 31.5. The maximum atomic E-state index is 14.8. The fourth-order valence-electron chi connectivity index (χ4n) is 4.49. The van der Waals surface area contributed by atoms with E-state index in [9.17, 15) is 48.4 Å². The third kappa shape index (κ3) is 10.6. The second kappa shape index (κ2) is 17.3. The molecule has 0 spiro atoms. The second-order valence-corrected chi connectivity index (χ2v) is 16.2. The van der Waals surface area contributed by atoms with Crippen molar-refractivity contribution in [2.45, 2.75) is 23.9 Å². The van der Waals surface area contributed by atoms with Gasteiger partial charge in [-0.1, -0.05) is 32.0 Å². The van der Waals surface area contributed by atoms with E-state index in [4.69, 9.17) is 16.2 Å². The molecule has 1 amide bonds. The van der Waals surface area contributed by atoms with E-state index < -0.39 is 87.6 Å². The van der Waals surface area contributed by atoms with Crippen LogP contribution in [0.15, 0.2) is 93.4 Å². The zero-order valence-corrected chi connectivity index (χ0v) is 31.7. The van der Waals surface area contributed by atoms with Crippen molar-refractivity contribution in [1.82, 2.24) is 14.7 Å². The van der Waals surface area contributed by atoms with Gasteiger partial charge in [-0.25, -0.2) is 45.1 Å². The standard InChI is InChI=1S/C23H21F3N2O4S.C12H8BrF2N3O3S.4H2/c1-13(2)11-32-16-9-14(8-15(24)10-16)17-6-7-18(23(26)22(17)25)19(29)12-33(30,31)21-5-3-4-20(27)28-21;13-7-5-4-6(10(14)11(7)15)12(19)18-22(20,21)9-3-1-2-8(16)17-9;;;;/h3-10,13H,11-12H2,1-2H3,(H2,27,28);1-5H,(H2,16,17)(H,18,19);4*1H. The number of nitrogen functional groups attached to an aromatic ring is 2. The molecule has 5 rings (SSSR count). The third-order valence-corrected chi connectivity index (χ3v) is 10.4. The van der Waals surface area contributed by atoms with Crippen LogP contribution in [0.5, 0.6) is 5.75 Å². The van der Waals surface area contributed by atoms with Crippen molar-refractivity contribution in [2.24, 2.45) is 5.92 Å². The van der Waals surface area contributed by atoms with Gasteiger partial charge in [-0.3, -0.25) is 9.59 Å². The SMILES string of the molecule is CC(C)COc1cc(F)cc(-c2ccc(C(=O)CS(=O)(=O)c3cccc(N)n3)c(F)c2F)c1.Nc1cccc(S(=O)(=O)NC(=O)c2ccc(Br)c(F)c2F)n1.[HH].[HH].[HH].[HH]. The van der Waals surface area contributed by atoms with E-state index in [1.807, 2.05) is 13.8 Å². The van der Waals surface area contributed by atoms with Gasteiger partial charge >= 0.3 is 0 Å². The first-order valence-electron chi connectivity index (χ1n) is 15.5. The number of nitrogens with one attached hydrogen (secondary N) is 1. The van der Waals surface area contributed by atoms with E-state index in [1.54, 1.807) is 4.72 Å². The van der Waals surface area contributed by atoms with Crippen molar-refractivity contribution in [3.63, 3.8) is 0 Å². The Hall–Kier alpha value is -5.47. The summed E-state index contributed by atoms with van der Waals surface area (Å²) in [5, 5.41) is -0.971. The van der Waals surface area contributed by atoms with E-state index in [0.29, 0.717) is 6.61 Å². The summed E-state index contributed by atoms with van der Waals surface area (Å²) < 4.78 is 126. The van der Waals surface area contributed by atoms with Gasteiger partial charge < -0.3 is 16.2 Å². The molecule has 3 aromatic carbocycles. The molecule has 2 aromatic heterocycles. The van der Waals surface area contributed by atoms with Gasteiger partial charge in [-0.2, -0.15) is 8.42 Å². The number of hydrogen-bond acceptors (Lipinski definition) is 11. The average Bonchev–Trinajstić information content (AvgIpc) is 3.10. The van der Waals surface area contributed by atoms with Gasteiger partial charge in [-0.15, -0.1) is 0 Å². The largest absolute Gasteiger partial charge is 0.493 e. The molecule has 2 heterocycles. The number of sulfonamides is 1. The molecule has 0 atom stereocenters. The minimum absolute atomic E-state index is 0. The fraction of sp³-hybridized carbons (Fsp3) is 0.143. The van der Waals surface area contributed by atoms with Gasteiger partial charge in [-0.05, 0) is 82.0 Å². The van der Waals surface area contributed by atoms with Gasteiger partial charge in [0, 0.05) is 17.3 Å². The monoisotopic (exact) mass is 877 g/mol. The molecule has 20 heteroatoms. The molecule has 0 saturated heterocycles. The highest BCUT2D eigenvalue weighted by molar-refractivity contribution is 9.10. The smallest absolute Gasteiger partial charge is 0.281 e. The maximum Gasteiger partial charge on any atom is 0.281 e. The number of rotatable bonds is 11. The molecule has 5 N–H and O–H groups in total. The molecule has 0 aliphatic rings. The fourth-order valence-corrected chi connectivity index (χ4v) is 6.92. The predicted octanol–water partition coefficient (Wildman–Crippen LogP) is 7.25. The van der Waals surface area contributed by atoms with Crippen LogP contribution in [0.25, 0.3) is 11.1 Å². The van der Waals surface area contributed by atoms with Crippen molar-refractivity contribution < 1.29 is 58.8 Å². The summed E-state index contributed by atoms with van der Waals surface area (Å²) in [5.41, 5.74) is 9.00. The summed E-state index contributed by atoms with van der Waals surface area (Å²) in [6.07, 6.45) is 0. The summed E-state index contributed by atoms with van der Waals surface area (Å²) in [7, 11) is -8.60. The lowest BCUT2D eigenvalue weighted by atomic mass is 10.0. The zero-order chi connectivity index (χ0) is 40.8. The lowest BCUT2D eigenvalue weighted by Crippen LogP contribution is -2.32. The molecule has 12 nitrogen and oxygen atoms in total. The average molecular weight is 879 g/mol. The highest BCUT2D eigenvalue weighted by Gasteiger charge is 2.27. The Morgan fingerprint density at radius 2 is 1.36 bits per heavy atom. The molecule has 298 valence electrons. The number of halogens is 6. The molecule has 5 aromatic rings. The number of amides is 1. The van der Waals surface area contributed by atoms with Gasteiger partial charge in [0.05, 0.1) is 22.2 Å². The number of nitrogens with two attached hydrogens (primary N) is 2. The molecular formula is C35H37BrF5N5O7S2. The van der Waals surface area contributed by atoms with Crippen LogP contribution in [0, 0.1) is 35.0 Å². The van der Waals surface area contributed by atoms with Gasteiger partial charge in [0.25, 0.3) is 15.9 Å². The molecule has 0 radical (unpaired) electrons. The number of benzene rings is 3. The zero-order valence-electron chi connectivity index (χ0n) is 28.5. The molecule has 0 aliphatic carbocycles. The van der Waals surface area contributed by atoms with Crippen LogP contribution in [-0.2, 0) is 19.9 Å². The van der Waals surface area contributed by atoms with Crippen LogP contribution in [0.3, 0.4) is 0 Å². The van der Waals surface area contributed by atoms with Crippen LogP contribution in [0.2, 0.25) is 0 Å². The van der Waals surface area contributed by atoms with E-state index in [-0.39, 0.29) is 44.6 Å². The normalized spacial score (nSPS) is 11.4. The Kier molecular flexibility index (Phi) is 13.3. The maximum absolute atomic E-state index is 14.8. The predicted molar refractivity (Wildman–Crippen MR) is 203 cm³/mol. The van der Waals surface area contributed by atoms with Crippen LogP contribution in [-0.4, -0.2) is 50.9 Å². The van der Waals surface area contributed by atoms with Crippen molar-refractivity contribution in [3.05, 3.63) is 124 Å². The second-order valence-electron chi connectivity index (χ2n) is 11.8. The lowest BCUT2D eigenvalue weighted by Gasteiger charge is -2.12. The molecule has 55 heavy (non-hydrogen) atoms. The number of carbonyl (C=O) groups is 2. The number of carbonyl (C=O) groups excluding carboxylic acids is 2. The third-order valence-electron chi connectivity index (χ3n) is 7.06. The summed E-state index contributed by atoms with van der Waals surface area (Å²) in [6.45, 7) is 4.09. The Bertz CT molecular complexity index is 2530. The number of ketones is 1. The first-order valence-corrected chi connectivity index (χ1v) is 19.5. The van der Waals surface area contributed by atoms with Crippen LogP contribution < -0.4 is 20.9 Å². The van der Waals surface area contributed by atoms with Crippen LogP contribution in [0.1, 0.15) is 40.3 Å². The summed E-state index contributed by atoms with van der Waals surface area (Å²) in [6, 6.07) is 15.1. The molecular weight excluding hydrogens is 841 g/mol. The Morgan fingerprint density at radius 3 is 1.98 bits per heavy atom. The van der Waals surface area contributed by atoms with Crippen molar-refractivity contribution in [3.8, 4) is 16.9 Å². The van der Waals surface area contributed by atoms with Gasteiger partial charge in [0.1, 0.15) is 29.0 Å². The number of anilines is 2. The molecule has 0 fully saturated rings. The molecule has 0 unspecified atom stereocenters. The first-order chi connectivity index (χ1) is 25.7. The van der Waals surface area contributed by atoms with Crippen LogP contribution in [0.4, 0.5) is 33.6 Å². The summed E-state index contributed by atoms with van der Waals surface area (Å²) >= 11 is 2.75. The minimum atomic E-state index is -4.36. The number of nitrogens with zero attached hydrogens (tertiary/aromatic N) is 2. The number of aromatic nitrogens is 2. The quantitative estimate of drug-likeness (QED) is 0.0686. The molecule has 0 saturated carbocycles. The van der Waals surface area contributed by atoms with Crippen molar-refractivity contribution in [1.29, 1.82) is 0 Å². The molecule has 0 aliphatic heterocycles. The van der Waals surface area contributed by atoms with E-state index in [2.05, 4.69) is 25.9 Å². The van der Waals surface area contributed by atoms with Gasteiger partial charge in [0.2, 0.25) is 9.84 Å². The first kappa shape index (κ1) is 42.3. The Morgan fingerprint density at radius 1 is 0.782 bits per heavy atom. The Labute approximate surface area is 325 Å². The summed E-state index contributed by atoms with van der Waals surface area (Å²) in [5.74, 6) is -9.91. The highest BCUT2D eigenvalue weighted by Crippen LogP contribution is 2.31. The van der Waals surface area contributed by atoms with Crippen LogP contribution >= 0.6 is 15.9 Å². The minimum Gasteiger partial charge on any atom is -0.493 e. The number of hydrogen-bond donors (Lipinski definition) is 3. The lowest BCUT2D eigenvalue weighted by molar-refractivity contribution is 0.0974. The number of pyridine rings is 2. The number of ether oxygens (including phenoxy) is 1. The molecule has 0 bridgehead atoms.